The first kappa shape index (κ1) is 15.0. The summed E-state index contributed by atoms with van der Waals surface area (Å²) in [5.41, 5.74) is 1.72. The maximum absolute atomic E-state index is 12.2. The van der Waals surface area contributed by atoms with Crippen molar-refractivity contribution in [3.05, 3.63) is 35.4 Å². The zero-order valence-corrected chi connectivity index (χ0v) is 12.7. The highest BCUT2D eigenvalue weighted by atomic mass is 32.2. The molecule has 4 nitrogen and oxygen atoms in total. The maximum Gasteiger partial charge on any atom is 0.237 e. The number of piperidine rings is 1. The van der Waals surface area contributed by atoms with E-state index in [0.29, 0.717) is 13.1 Å². The second kappa shape index (κ2) is 6.39. The standard InChI is InChI=1S/C15H21NO3S/c1-13-7-3-4-8-14(13)11-20(18,19)12-15(17)16-9-5-2-6-10-16/h3-4,7-8H,2,5-6,9-12H2,1H3. The van der Waals surface area contributed by atoms with Crippen LogP contribution in [0.25, 0.3) is 0 Å². The number of carbonyl (C=O) groups is 1. The van der Waals surface area contributed by atoms with Crippen molar-refractivity contribution in [3.8, 4) is 0 Å². The van der Waals surface area contributed by atoms with Crippen LogP contribution in [0, 0.1) is 6.92 Å². The van der Waals surface area contributed by atoms with Crippen molar-refractivity contribution < 1.29 is 13.2 Å². The van der Waals surface area contributed by atoms with E-state index in [1.54, 1.807) is 11.0 Å². The van der Waals surface area contributed by atoms with Crippen LogP contribution in [0.2, 0.25) is 0 Å². The molecule has 1 amide bonds. The Kier molecular flexibility index (Phi) is 4.81. The van der Waals surface area contributed by atoms with Crippen LogP contribution in [0.3, 0.4) is 0 Å². The molecule has 1 aliphatic heterocycles. The maximum atomic E-state index is 12.2. The Labute approximate surface area is 120 Å². The van der Waals surface area contributed by atoms with E-state index in [-0.39, 0.29) is 17.4 Å². The van der Waals surface area contributed by atoms with Crippen molar-refractivity contribution >= 4 is 15.7 Å². The monoisotopic (exact) mass is 295 g/mol. The summed E-state index contributed by atoms with van der Waals surface area (Å²) in [5.74, 6) is -0.682. The molecule has 0 bridgehead atoms. The van der Waals surface area contributed by atoms with Crippen molar-refractivity contribution in [1.29, 1.82) is 0 Å². The lowest BCUT2D eigenvalue weighted by Crippen LogP contribution is -2.39. The molecule has 20 heavy (non-hydrogen) atoms. The van der Waals surface area contributed by atoms with Crippen molar-refractivity contribution in [3.63, 3.8) is 0 Å². The zero-order valence-electron chi connectivity index (χ0n) is 11.8. The summed E-state index contributed by atoms with van der Waals surface area (Å²) in [6.07, 6.45) is 3.08. The highest BCUT2D eigenvalue weighted by Crippen LogP contribution is 2.14. The number of likely N-dealkylation sites (tertiary alicyclic amines) is 1. The number of rotatable bonds is 4. The molecule has 0 saturated carbocycles. The Balaban J connectivity index is 2.00. The minimum Gasteiger partial charge on any atom is -0.342 e. The molecule has 0 unspecified atom stereocenters. The van der Waals surface area contributed by atoms with Gasteiger partial charge in [0, 0.05) is 13.1 Å². The normalized spacial score (nSPS) is 16.1. The number of nitrogens with zero attached hydrogens (tertiary/aromatic N) is 1. The number of sulfone groups is 1. The lowest BCUT2D eigenvalue weighted by molar-refractivity contribution is -0.129. The molecular formula is C15H21NO3S. The van der Waals surface area contributed by atoms with Gasteiger partial charge in [-0.05, 0) is 37.3 Å². The topological polar surface area (TPSA) is 54.5 Å². The number of hydrogen-bond acceptors (Lipinski definition) is 3. The summed E-state index contributed by atoms with van der Waals surface area (Å²) in [6.45, 7) is 3.27. The first-order valence-corrected chi connectivity index (χ1v) is 8.83. The van der Waals surface area contributed by atoms with Gasteiger partial charge in [-0.25, -0.2) is 8.42 Å². The molecule has 1 aromatic rings. The Morgan fingerprint density at radius 1 is 1.15 bits per heavy atom. The van der Waals surface area contributed by atoms with E-state index in [0.717, 1.165) is 30.4 Å². The zero-order chi connectivity index (χ0) is 14.6. The van der Waals surface area contributed by atoms with Gasteiger partial charge in [0.15, 0.2) is 9.84 Å². The van der Waals surface area contributed by atoms with Gasteiger partial charge in [-0.1, -0.05) is 24.3 Å². The van der Waals surface area contributed by atoms with Crippen LogP contribution >= 0.6 is 0 Å². The van der Waals surface area contributed by atoms with Crippen LogP contribution in [0.5, 0.6) is 0 Å². The fourth-order valence-corrected chi connectivity index (χ4v) is 3.94. The first-order chi connectivity index (χ1) is 9.48. The van der Waals surface area contributed by atoms with Crippen LogP contribution in [0.1, 0.15) is 30.4 Å². The van der Waals surface area contributed by atoms with Gasteiger partial charge in [-0.15, -0.1) is 0 Å². The molecule has 1 fully saturated rings. The molecule has 0 aromatic heterocycles. The highest BCUT2D eigenvalue weighted by molar-refractivity contribution is 7.91. The highest BCUT2D eigenvalue weighted by Gasteiger charge is 2.23. The van der Waals surface area contributed by atoms with E-state index in [9.17, 15) is 13.2 Å². The fourth-order valence-electron chi connectivity index (χ4n) is 2.48. The summed E-state index contributed by atoms with van der Waals surface area (Å²) in [7, 11) is -3.40. The predicted octanol–water partition coefficient (Wildman–Crippen LogP) is 1.92. The van der Waals surface area contributed by atoms with Crippen LogP contribution < -0.4 is 0 Å². The Morgan fingerprint density at radius 2 is 1.80 bits per heavy atom. The second-order valence-electron chi connectivity index (χ2n) is 5.40. The van der Waals surface area contributed by atoms with E-state index < -0.39 is 9.84 Å². The van der Waals surface area contributed by atoms with Gasteiger partial charge >= 0.3 is 0 Å². The average molecular weight is 295 g/mol. The van der Waals surface area contributed by atoms with Gasteiger partial charge in [0.2, 0.25) is 5.91 Å². The molecule has 1 heterocycles. The van der Waals surface area contributed by atoms with Gasteiger partial charge < -0.3 is 4.90 Å². The van der Waals surface area contributed by atoms with Crippen LogP contribution in [0.15, 0.2) is 24.3 Å². The predicted molar refractivity (Wildman–Crippen MR) is 79.1 cm³/mol. The number of benzene rings is 1. The largest absolute Gasteiger partial charge is 0.342 e. The number of carbonyl (C=O) groups excluding carboxylic acids is 1. The summed E-state index contributed by atoms with van der Waals surface area (Å²) in [4.78, 5) is 13.7. The van der Waals surface area contributed by atoms with E-state index >= 15 is 0 Å². The van der Waals surface area contributed by atoms with Gasteiger partial charge in [-0.3, -0.25) is 4.79 Å². The van der Waals surface area contributed by atoms with E-state index in [1.165, 1.54) is 0 Å². The van der Waals surface area contributed by atoms with Crippen LogP contribution in [-0.2, 0) is 20.4 Å². The van der Waals surface area contributed by atoms with E-state index in [1.807, 2.05) is 25.1 Å². The van der Waals surface area contributed by atoms with Gasteiger partial charge in [0.05, 0.1) is 5.75 Å². The van der Waals surface area contributed by atoms with Gasteiger partial charge in [0.1, 0.15) is 5.75 Å². The Bertz CT molecular complexity index is 575. The Hall–Kier alpha value is -1.36. The molecule has 110 valence electrons. The lowest BCUT2D eigenvalue weighted by Gasteiger charge is -2.26. The molecule has 2 rings (SSSR count). The van der Waals surface area contributed by atoms with Gasteiger partial charge in [0.25, 0.3) is 0 Å². The summed E-state index contributed by atoms with van der Waals surface area (Å²) in [5, 5.41) is 0. The summed E-state index contributed by atoms with van der Waals surface area (Å²) < 4.78 is 24.3. The van der Waals surface area contributed by atoms with Crippen molar-refractivity contribution in [2.24, 2.45) is 0 Å². The number of hydrogen-bond donors (Lipinski definition) is 0. The molecule has 0 atom stereocenters. The third kappa shape index (κ3) is 4.07. The fraction of sp³-hybridized carbons (Fsp3) is 0.533. The summed E-state index contributed by atoms with van der Waals surface area (Å²) in [6, 6.07) is 7.39. The third-order valence-corrected chi connectivity index (χ3v) is 5.13. The third-order valence-electron chi connectivity index (χ3n) is 3.69. The molecule has 1 aromatic carbocycles. The molecule has 0 N–H and O–H groups in total. The van der Waals surface area contributed by atoms with Crippen molar-refractivity contribution in [2.45, 2.75) is 31.9 Å². The van der Waals surface area contributed by atoms with Crippen molar-refractivity contribution in [1.82, 2.24) is 4.90 Å². The minimum atomic E-state index is -3.40. The first-order valence-electron chi connectivity index (χ1n) is 7.01. The smallest absolute Gasteiger partial charge is 0.237 e. The number of aryl methyl sites for hydroxylation is 1. The van der Waals surface area contributed by atoms with Crippen molar-refractivity contribution in [2.75, 3.05) is 18.8 Å². The average Bonchev–Trinajstić information content (AvgIpc) is 2.41. The molecular weight excluding hydrogens is 274 g/mol. The molecule has 1 aliphatic rings. The van der Waals surface area contributed by atoms with Crippen LogP contribution in [0.4, 0.5) is 0 Å². The second-order valence-corrected chi connectivity index (χ2v) is 7.46. The van der Waals surface area contributed by atoms with E-state index in [4.69, 9.17) is 0 Å². The minimum absolute atomic E-state index is 0.0563. The molecule has 0 aliphatic carbocycles. The quantitative estimate of drug-likeness (QED) is 0.853. The SMILES string of the molecule is Cc1ccccc1CS(=O)(=O)CC(=O)N1CCCCC1. The molecule has 0 radical (unpaired) electrons. The van der Waals surface area contributed by atoms with Gasteiger partial charge in [-0.2, -0.15) is 0 Å². The number of amides is 1. The molecule has 0 spiro atoms. The lowest BCUT2D eigenvalue weighted by atomic mass is 10.1. The van der Waals surface area contributed by atoms with E-state index in [2.05, 4.69) is 0 Å². The molecule has 1 saturated heterocycles. The van der Waals surface area contributed by atoms with Crippen LogP contribution in [-0.4, -0.2) is 38.1 Å². The Morgan fingerprint density at radius 3 is 2.45 bits per heavy atom. The summed E-state index contributed by atoms with van der Waals surface area (Å²) >= 11 is 0. The molecule has 5 heteroatoms.